The van der Waals surface area contributed by atoms with Gasteiger partial charge in [-0.15, -0.1) is 0 Å². The lowest BCUT2D eigenvalue weighted by atomic mass is 10.1. The quantitative estimate of drug-likeness (QED) is 0.777. The zero-order valence-electron chi connectivity index (χ0n) is 11.1. The fraction of sp³-hybridized carbons (Fsp3) is 0.0667. The van der Waals surface area contributed by atoms with Crippen molar-refractivity contribution < 1.29 is 4.79 Å². The molecule has 3 N–H and O–H groups in total. The van der Waals surface area contributed by atoms with Gasteiger partial charge in [0, 0.05) is 10.0 Å². The average Bonchev–Trinajstić information content (AvgIpc) is 2.40. The van der Waals surface area contributed by atoms with E-state index in [1.807, 2.05) is 13.0 Å². The first kappa shape index (κ1) is 15.9. The van der Waals surface area contributed by atoms with Crippen LogP contribution in [0.2, 0.25) is 5.02 Å². The molecule has 21 heavy (non-hydrogen) atoms. The van der Waals surface area contributed by atoms with Crippen molar-refractivity contribution in [3.63, 3.8) is 0 Å². The van der Waals surface area contributed by atoms with Crippen molar-refractivity contribution in [1.29, 1.82) is 0 Å². The number of hydrogen-bond acceptors (Lipinski definition) is 2. The van der Waals surface area contributed by atoms with Gasteiger partial charge in [0.2, 0.25) is 0 Å². The van der Waals surface area contributed by atoms with Crippen LogP contribution in [0.5, 0.6) is 0 Å². The molecule has 0 spiro atoms. The number of aryl methyl sites for hydroxylation is 1. The minimum Gasteiger partial charge on any atom is -0.389 e. The van der Waals surface area contributed by atoms with Crippen molar-refractivity contribution in [1.82, 2.24) is 0 Å². The van der Waals surface area contributed by atoms with Gasteiger partial charge in [-0.05, 0) is 58.7 Å². The number of nitrogens with one attached hydrogen (secondary N) is 1. The minimum atomic E-state index is -0.274. The van der Waals surface area contributed by atoms with E-state index in [-0.39, 0.29) is 5.91 Å². The van der Waals surface area contributed by atoms with Crippen molar-refractivity contribution in [2.24, 2.45) is 5.73 Å². The molecular weight excluding hydrogens is 372 g/mol. The molecule has 0 unspecified atom stereocenters. The van der Waals surface area contributed by atoms with E-state index in [0.29, 0.717) is 25.7 Å². The van der Waals surface area contributed by atoms with E-state index >= 15 is 0 Å². The highest BCUT2D eigenvalue weighted by Crippen LogP contribution is 2.25. The molecule has 0 aliphatic rings. The highest BCUT2D eigenvalue weighted by atomic mass is 79.9. The summed E-state index contributed by atoms with van der Waals surface area (Å²) >= 11 is 14.4. The van der Waals surface area contributed by atoms with Crippen LogP contribution >= 0.6 is 39.7 Å². The van der Waals surface area contributed by atoms with Crippen molar-refractivity contribution in [3.05, 3.63) is 62.6 Å². The molecule has 0 aliphatic carbocycles. The van der Waals surface area contributed by atoms with Crippen LogP contribution in [0.25, 0.3) is 0 Å². The fourth-order valence-electron chi connectivity index (χ4n) is 1.76. The number of amides is 1. The molecule has 108 valence electrons. The zero-order valence-corrected chi connectivity index (χ0v) is 14.3. The fourth-order valence-corrected chi connectivity index (χ4v) is 2.69. The first-order valence-corrected chi connectivity index (χ1v) is 7.63. The minimum absolute atomic E-state index is 0.274. The smallest absolute Gasteiger partial charge is 0.257 e. The van der Waals surface area contributed by atoms with Crippen LogP contribution in [0.4, 0.5) is 5.69 Å². The predicted octanol–water partition coefficient (Wildman–Crippen LogP) is 4.30. The van der Waals surface area contributed by atoms with Gasteiger partial charge in [0.05, 0.1) is 16.3 Å². The van der Waals surface area contributed by atoms with E-state index in [2.05, 4.69) is 21.2 Å². The second-order valence-corrected chi connectivity index (χ2v) is 6.20. The van der Waals surface area contributed by atoms with Gasteiger partial charge < -0.3 is 11.1 Å². The lowest BCUT2D eigenvalue weighted by Crippen LogP contribution is -2.14. The van der Waals surface area contributed by atoms with Gasteiger partial charge in [0.25, 0.3) is 5.91 Å². The summed E-state index contributed by atoms with van der Waals surface area (Å²) in [7, 11) is 0. The second-order valence-electron chi connectivity index (χ2n) is 4.50. The van der Waals surface area contributed by atoms with E-state index in [1.165, 1.54) is 0 Å². The van der Waals surface area contributed by atoms with Crippen LogP contribution in [0.15, 0.2) is 40.9 Å². The van der Waals surface area contributed by atoms with Gasteiger partial charge in [0.1, 0.15) is 4.99 Å². The highest BCUT2D eigenvalue weighted by Gasteiger charge is 2.12. The maximum Gasteiger partial charge on any atom is 0.257 e. The summed E-state index contributed by atoms with van der Waals surface area (Å²) in [6.45, 7) is 1.92. The summed E-state index contributed by atoms with van der Waals surface area (Å²) < 4.78 is 0.699. The highest BCUT2D eigenvalue weighted by molar-refractivity contribution is 9.10. The lowest BCUT2D eigenvalue weighted by molar-refractivity contribution is 0.102. The number of thiocarbonyl (C=S) groups is 1. The molecule has 3 nitrogen and oxygen atoms in total. The molecule has 0 saturated carbocycles. The predicted molar refractivity (Wildman–Crippen MR) is 94.2 cm³/mol. The molecule has 0 radical (unpaired) electrons. The molecule has 0 saturated heterocycles. The number of carbonyl (C=O) groups is 1. The van der Waals surface area contributed by atoms with E-state index in [0.717, 1.165) is 11.1 Å². The zero-order chi connectivity index (χ0) is 15.6. The Hall–Kier alpha value is -1.43. The Morgan fingerprint density at radius 2 is 2.00 bits per heavy atom. The number of carbonyl (C=O) groups excluding carboxylic acids is 1. The van der Waals surface area contributed by atoms with Gasteiger partial charge >= 0.3 is 0 Å². The maximum atomic E-state index is 12.3. The summed E-state index contributed by atoms with van der Waals surface area (Å²) in [5.41, 5.74) is 8.33. The van der Waals surface area contributed by atoms with Gasteiger partial charge in [0.15, 0.2) is 0 Å². The van der Waals surface area contributed by atoms with Crippen LogP contribution in [-0.2, 0) is 0 Å². The van der Waals surface area contributed by atoms with Crippen LogP contribution in [0, 0.1) is 6.92 Å². The molecular formula is C15H12BrClN2OS. The maximum absolute atomic E-state index is 12.3. The second kappa shape index (κ2) is 6.56. The number of benzene rings is 2. The monoisotopic (exact) mass is 382 g/mol. The van der Waals surface area contributed by atoms with Crippen molar-refractivity contribution in [3.8, 4) is 0 Å². The Balaban J connectivity index is 2.25. The topological polar surface area (TPSA) is 55.1 Å². The Kier molecular flexibility index (Phi) is 4.98. The van der Waals surface area contributed by atoms with Crippen molar-refractivity contribution in [2.45, 2.75) is 6.92 Å². The summed E-state index contributed by atoms with van der Waals surface area (Å²) in [4.78, 5) is 12.6. The Bertz CT molecular complexity index is 734. The first-order valence-electron chi connectivity index (χ1n) is 6.05. The molecule has 0 heterocycles. The third-order valence-electron chi connectivity index (χ3n) is 2.87. The molecule has 0 bridgehead atoms. The normalized spacial score (nSPS) is 10.2. The van der Waals surface area contributed by atoms with Crippen LogP contribution in [0.3, 0.4) is 0 Å². The van der Waals surface area contributed by atoms with Crippen molar-refractivity contribution in [2.75, 3.05) is 5.32 Å². The Morgan fingerprint density at radius 3 is 2.57 bits per heavy atom. The number of hydrogen-bond donors (Lipinski definition) is 2. The van der Waals surface area contributed by atoms with Crippen LogP contribution in [-0.4, -0.2) is 10.9 Å². The molecule has 0 atom stereocenters. The number of nitrogens with two attached hydrogens (primary N) is 1. The van der Waals surface area contributed by atoms with E-state index in [4.69, 9.17) is 29.6 Å². The van der Waals surface area contributed by atoms with E-state index in [9.17, 15) is 4.79 Å². The average molecular weight is 384 g/mol. The standard InChI is InChI=1S/C15H12BrClN2OS/c1-8-2-4-10(12(17)6-8)15(20)19-13-5-3-9(14(18)21)7-11(13)16/h2-7H,1H3,(H2,18,21)(H,19,20). The molecule has 2 rings (SSSR count). The molecule has 1 amide bonds. The molecule has 0 aromatic heterocycles. The first-order chi connectivity index (χ1) is 9.88. The van der Waals surface area contributed by atoms with E-state index < -0.39 is 0 Å². The summed E-state index contributed by atoms with van der Waals surface area (Å²) in [5.74, 6) is -0.274. The molecule has 6 heteroatoms. The number of halogens is 2. The van der Waals surface area contributed by atoms with Gasteiger partial charge in [-0.2, -0.15) is 0 Å². The van der Waals surface area contributed by atoms with E-state index in [1.54, 1.807) is 30.3 Å². The molecule has 2 aromatic rings. The lowest BCUT2D eigenvalue weighted by Gasteiger charge is -2.10. The van der Waals surface area contributed by atoms with Gasteiger partial charge in [-0.3, -0.25) is 4.79 Å². The molecule has 2 aromatic carbocycles. The molecule has 0 fully saturated rings. The van der Waals surface area contributed by atoms with Gasteiger partial charge in [-0.1, -0.05) is 29.9 Å². The Morgan fingerprint density at radius 1 is 1.29 bits per heavy atom. The summed E-state index contributed by atoms with van der Waals surface area (Å²) in [5, 5.41) is 3.22. The third kappa shape index (κ3) is 3.81. The van der Waals surface area contributed by atoms with Crippen LogP contribution in [0.1, 0.15) is 21.5 Å². The largest absolute Gasteiger partial charge is 0.389 e. The SMILES string of the molecule is Cc1ccc(C(=O)Nc2ccc(C(N)=S)cc2Br)c(Cl)c1. The summed E-state index contributed by atoms with van der Waals surface area (Å²) in [6.07, 6.45) is 0. The molecule has 0 aliphatic heterocycles. The number of rotatable bonds is 3. The Labute approximate surface area is 141 Å². The van der Waals surface area contributed by atoms with Gasteiger partial charge in [-0.25, -0.2) is 0 Å². The summed E-state index contributed by atoms with van der Waals surface area (Å²) in [6, 6.07) is 10.5. The van der Waals surface area contributed by atoms with Crippen LogP contribution < -0.4 is 11.1 Å². The third-order valence-corrected chi connectivity index (χ3v) is 4.08. The van der Waals surface area contributed by atoms with Crippen molar-refractivity contribution >= 4 is 56.3 Å². The number of anilines is 1.